The zero-order valence-corrected chi connectivity index (χ0v) is 22.8. The van der Waals surface area contributed by atoms with Crippen LogP contribution in [0.15, 0.2) is 11.1 Å². The Morgan fingerprint density at radius 3 is 1.97 bits per heavy atom. The van der Waals surface area contributed by atoms with Gasteiger partial charge in [-0.25, -0.2) is 4.18 Å². The van der Waals surface area contributed by atoms with Crippen molar-refractivity contribution in [1.82, 2.24) is 0 Å². The molecule has 0 aromatic carbocycles. The summed E-state index contributed by atoms with van der Waals surface area (Å²) in [5.41, 5.74) is 11.1. The Labute approximate surface area is 184 Å². The summed E-state index contributed by atoms with van der Waals surface area (Å²) in [4.78, 5) is 0. The maximum atomic E-state index is 12.4. The topological polar surface area (TPSA) is 123 Å². The monoisotopic (exact) mass is 480 g/mol. The summed E-state index contributed by atoms with van der Waals surface area (Å²) in [6, 6.07) is 0. The smallest absolute Gasteiger partial charge is 0.292 e. The first-order valence-corrected chi connectivity index (χ1v) is 17.6. The third-order valence-corrected chi connectivity index (χ3v) is 17.1. The first-order valence-electron chi connectivity index (χ1n) is 10.3. The highest BCUT2D eigenvalue weighted by molar-refractivity contribution is 7.90. The van der Waals surface area contributed by atoms with Crippen LogP contribution in [0.25, 0.3) is 0 Å². The van der Waals surface area contributed by atoms with Crippen LogP contribution in [0.4, 0.5) is 0 Å². The molecule has 1 spiro atoms. The van der Waals surface area contributed by atoms with Crippen LogP contribution in [0, 0.1) is 0 Å². The predicted octanol–water partition coefficient (Wildman–Crippen LogP) is 2.98. The van der Waals surface area contributed by atoms with Crippen LogP contribution in [0.5, 0.6) is 0 Å². The molecule has 30 heavy (non-hydrogen) atoms. The van der Waals surface area contributed by atoms with E-state index in [-0.39, 0.29) is 22.4 Å². The highest BCUT2D eigenvalue weighted by Crippen LogP contribution is 2.48. The van der Waals surface area contributed by atoms with E-state index in [9.17, 15) is 8.42 Å². The summed E-state index contributed by atoms with van der Waals surface area (Å²) in [6.07, 6.45) is -2.56. The summed E-state index contributed by atoms with van der Waals surface area (Å²) >= 11 is 0. The highest BCUT2D eigenvalue weighted by atomic mass is 32.2. The molecule has 0 saturated carbocycles. The Hall–Kier alpha value is -0.276. The van der Waals surface area contributed by atoms with Crippen molar-refractivity contribution in [3.8, 4) is 0 Å². The van der Waals surface area contributed by atoms with Gasteiger partial charge in [0.1, 0.15) is 18.4 Å². The van der Waals surface area contributed by atoms with Crippen molar-refractivity contribution in [2.45, 2.75) is 102 Å². The molecule has 0 aromatic rings. The van der Waals surface area contributed by atoms with Crippen molar-refractivity contribution >= 4 is 26.8 Å². The van der Waals surface area contributed by atoms with E-state index in [2.05, 4.69) is 67.7 Å². The van der Waals surface area contributed by atoms with Gasteiger partial charge in [-0.05, 0) is 36.3 Å². The van der Waals surface area contributed by atoms with Crippen LogP contribution in [-0.4, -0.2) is 55.7 Å². The predicted molar refractivity (Wildman–Crippen MR) is 123 cm³/mol. The molecule has 1 saturated heterocycles. The number of nitrogens with two attached hydrogens (primary N) is 2. The Morgan fingerprint density at radius 1 is 1.07 bits per heavy atom. The molecule has 2 rings (SSSR count). The first kappa shape index (κ1) is 26.0. The van der Waals surface area contributed by atoms with Gasteiger partial charge in [0.15, 0.2) is 22.2 Å². The average Bonchev–Trinajstić information content (AvgIpc) is 2.90. The van der Waals surface area contributed by atoms with Crippen LogP contribution in [0.2, 0.25) is 36.3 Å². The maximum Gasteiger partial charge on any atom is 0.292 e. The van der Waals surface area contributed by atoms with Gasteiger partial charge in [0.2, 0.25) is 0 Å². The first-order chi connectivity index (χ1) is 13.2. The second kappa shape index (κ2) is 7.65. The lowest BCUT2D eigenvalue weighted by Crippen LogP contribution is -2.60. The van der Waals surface area contributed by atoms with E-state index in [0.29, 0.717) is 0 Å². The Bertz CT molecular complexity index is 801. The Balaban J connectivity index is 2.44. The maximum absolute atomic E-state index is 12.4. The minimum absolute atomic E-state index is 0.0259. The zero-order valence-electron chi connectivity index (χ0n) is 20.0. The molecule has 0 aliphatic carbocycles. The van der Waals surface area contributed by atoms with Gasteiger partial charge in [-0.15, -0.1) is 0 Å². The molecule has 11 heteroatoms. The van der Waals surface area contributed by atoms with E-state index in [1.807, 2.05) is 0 Å². The fraction of sp³-hybridized carbons (Fsp3) is 0.895. The van der Waals surface area contributed by atoms with Crippen molar-refractivity contribution in [2.24, 2.45) is 11.5 Å². The van der Waals surface area contributed by atoms with Gasteiger partial charge >= 0.3 is 0 Å². The lowest BCUT2D eigenvalue weighted by Gasteiger charge is -2.43. The van der Waals surface area contributed by atoms with Gasteiger partial charge in [-0.3, -0.25) is 0 Å². The molecule has 2 aliphatic rings. The van der Waals surface area contributed by atoms with Crippen molar-refractivity contribution < 1.29 is 26.2 Å². The minimum atomic E-state index is -3.98. The van der Waals surface area contributed by atoms with E-state index in [1.54, 1.807) is 0 Å². The van der Waals surface area contributed by atoms with Crippen molar-refractivity contribution in [3.05, 3.63) is 11.1 Å². The lowest BCUT2D eigenvalue weighted by molar-refractivity contribution is -0.0394. The normalized spacial score (nSPS) is 32.6. The highest BCUT2D eigenvalue weighted by Gasteiger charge is 2.66. The second-order valence-corrected chi connectivity index (χ2v) is 22.4. The lowest BCUT2D eigenvalue weighted by atomic mass is 9.90. The van der Waals surface area contributed by atoms with Crippen LogP contribution < -0.4 is 11.5 Å². The molecule has 0 radical (unpaired) electrons. The summed E-state index contributed by atoms with van der Waals surface area (Å²) in [5.74, 6) is 0. The van der Waals surface area contributed by atoms with Gasteiger partial charge in [-0.1, -0.05) is 41.5 Å². The van der Waals surface area contributed by atoms with E-state index in [0.717, 1.165) is 5.41 Å². The van der Waals surface area contributed by atoms with Gasteiger partial charge in [0.05, 0.1) is 17.7 Å². The molecule has 4 N–H and O–H groups in total. The molecule has 176 valence electrons. The molecular weight excluding hydrogens is 440 g/mol. The third kappa shape index (κ3) is 4.58. The van der Waals surface area contributed by atoms with Crippen molar-refractivity contribution in [3.63, 3.8) is 0 Å². The molecule has 0 bridgehead atoms. The summed E-state index contributed by atoms with van der Waals surface area (Å²) in [7, 11) is -8.47. The zero-order chi connectivity index (χ0) is 23.6. The average molecular weight is 481 g/mol. The van der Waals surface area contributed by atoms with Gasteiger partial charge < -0.3 is 25.1 Å². The third-order valence-electron chi connectivity index (χ3n) is 7.13. The fourth-order valence-electron chi connectivity index (χ4n) is 3.06. The van der Waals surface area contributed by atoms with E-state index in [4.69, 9.17) is 29.2 Å². The van der Waals surface area contributed by atoms with Crippen LogP contribution in [0.3, 0.4) is 0 Å². The van der Waals surface area contributed by atoms with Gasteiger partial charge in [0, 0.05) is 0 Å². The molecular formula is C19H40N2O6SSi2. The summed E-state index contributed by atoms with van der Waals surface area (Å²) in [6.45, 7) is 21.1. The molecule has 1 unspecified atom stereocenters. The molecule has 4 atom stereocenters. The fourth-order valence-corrected chi connectivity index (χ4v) is 6.59. The van der Waals surface area contributed by atoms with Gasteiger partial charge in [0.25, 0.3) is 10.1 Å². The van der Waals surface area contributed by atoms with E-state index in [1.165, 1.54) is 0 Å². The van der Waals surface area contributed by atoms with Crippen LogP contribution >= 0.6 is 0 Å². The standard InChI is InChI=1S/C19H40N2O6SSi2/c1-17(2,3)29(7,8)24-11-14-19(13(20)12-28(22,23)27-19)15(16(21)25-14)26-30(9,10)18(4,5)6/h12,14-16H,11,20-21H2,1-10H3/t14-,15+,16?,19-/m1/s1. The largest absolute Gasteiger partial charge is 0.414 e. The molecule has 8 nitrogen and oxygen atoms in total. The van der Waals surface area contributed by atoms with Crippen molar-refractivity contribution in [2.75, 3.05) is 6.61 Å². The number of hydrogen-bond acceptors (Lipinski definition) is 8. The Morgan fingerprint density at radius 2 is 1.57 bits per heavy atom. The van der Waals surface area contributed by atoms with Crippen LogP contribution in [0.1, 0.15) is 41.5 Å². The number of ether oxygens (including phenoxy) is 1. The number of hydrogen-bond donors (Lipinski definition) is 2. The van der Waals surface area contributed by atoms with Crippen LogP contribution in [-0.2, 0) is 27.9 Å². The molecule has 0 aromatic heterocycles. The quantitative estimate of drug-likeness (QED) is 0.455. The molecule has 2 heterocycles. The molecule has 2 aliphatic heterocycles. The summed E-state index contributed by atoms with van der Waals surface area (Å²) < 4.78 is 49.2. The SMILES string of the molecule is CC(C)(C)[Si](C)(C)OC[C@H]1OC(N)[C@H](O[Si](C)(C)C(C)(C)C)[C@]12OS(=O)(=O)C=C2N. The molecule has 1 fully saturated rings. The minimum Gasteiger partial charge on any atom is -0.414 e. The Kier molecular flexibility index (Phi) is 6.62. The van der Waals surface area contributed by atoms with Gasteiger partial charge in [-0.2, -0.15) is 8.42 Å². The van der Waals surface area contributed by atoms with Crippen molar-refractivity contribution in [1.29, 1.82) is 0 Å². The number of rotatable bonds is 5. The second-order valence-electron chi connectivity index (χ2n) is 11.4. The molecule has 0 amide bonds. The summed E-state index contributed by atoms with van der Waals surface area (Å²) in [5, 5.41) is 0.789. The van der Waals surface area contributed by atoms with E-state index >= 15 is 0 Å². The van der Waals surface area contributed by atoms with E-state index < -0.39 is 50.8 Å².